The molecule has 218 valence electrons. The Kier molecular flexibility index (Phi) is 8.38. The van der Waals surface area contributed by atoms with Crippen LogP contribution in [-0.2, 0) is 19.8 Å². The van der Waals surface area contributed by atoms with Gasteiger partial charge in [0.1, 0.15) is 5.69 Å². The highest BCUT2D eigenvalue weighted by molar-refractivity contribution is 6.09. The van der Waals surface area contributed by atoms with Crippen LogP contribution in [0.2, 0.25) is 0 Å². The normalized spacial score (nSPS) is 14.1. The summed E-state index contributed by atoms with van der Waals surface area (Å²) in [7, 11) is 1.72. The van der Waals surface area contributed by atoms with Gasteiger partial charge in [-0.2, -0.15) is 13.2 Å². The summed E-state index contributed by atoms with van der Waals surface area (Å²) >= 11 is 0. The van der Waals surface area contributed by atoms with Crippen molar-refractivity contribution in [3.63, 3.8) is 0 Å². The minimum Gasteiger partial charge on any atom is -0.372 e. The number of piperidine rings is 1. The van der Waals surface area contributed by atoms with Gasteiger partial charge >= 0.3 is 6.18 Å². The lowest BCUT2D eigenvalue weighted by atomic mass is 9.98. The Hall–Kier alpha value is -4.53. The van der Waals surface area contributed by atoms with Crippen LogP contribution in [0.1, 0.15) is 51.7 Å². The first-order valence-electron chi connectivity index (χ1n) is 13.9. The van der Waals surface area contributed by atoms with Crippen molar-refractivity contribution in [3.05, 3.63) is 107 Å². The van der Waals surface area contributed by atoms with Gasteiger partial charge in [0.05, 0.1) is 11.3 Å². The molecule has 0 spiro atoms. The number of hydrogen-bond acceptors (Lipinski definition) is 3. The molecule has 6 nitrogen and oxygen atoms in total. The molecule has 5 rings (SSSR count). The third-order valence-electron chi connectivity index (χ3n) is 7.73. The maximum absolute atomic E-state index is 13.2. The number of hydrogen-bond donors (Lipinski definition) is 2. The van der Waals surface area contributed by atoms with Gasteiger partial charge in [-0.1, -0.05) is 49.4 Å². The second-order valence-corrected chi connectivity index (χ2v) is 10.8. The molecule has 1 fully saturated rings. The Labute approximate surface area is 243 Å². The fourth-order valence-corrected chi connectivity index (χ4v) is 5.19. The van der Waals surface area contributed by atoms with Gasteiger partial charge in [0, 0.05) is 44.1 Å². The SMILES string of the molecule is CC1CCN(c2ccc(CNC(=O)c3cc(NC(=O)c4ccccc4-c4ccc(C(F)(F)F)cc4)cn3C)cc2)CC1. The lowest BCUT2D eigenvalue weighted by Crippen LogP contribution is -2.32. The van der Waals surface area contributed by atoms with Crippen LogP contribution in [0.3, 0.4) is 0 Å². The number of alkyl halides is 3. The summed E-state index contributed by atoms with van der Waals surface area (Å²) in [5, 5.41) is 5.75. The lowest BCUT2D eigenvalue weighted by molar-refractivity contribution is -0.137. The molecule has 0 unspecified atom stereocenters. The monoisotopic (exact) mass is 574 g/mol. The molecule has 2 amide bonds. The van der Waals surface area contributed by atoms with Crippen LogP contribution >= 0.6 is 0 Å². The molecule has 2 heterocycles. The van der Waals surface area contributed by atoms with Crippen molar-refractivity contribution in [1.82, 2.24) is 9.88 Å². The maximum atomic E-state index is 13.2. The molecule has 0 atom stereocenters. The van der Waals surface area contributed by atoms with Crippen molar-refractivity contribution >= 4 is 23.2 Å². The molecular formula is C33H33F3N4O2. The van der Waals surface area contributed by atoms with Crippen LogP contribution in [-0.4, -0.2) is 29.5 Å². The second kappa shape index (κ2) is 12.1. The number of aryl methyl sites for hydroxylation is 1. The van der Waals surface area contributed by atoms with Crippen LogP contribution in [0.4, 0.5) is 24.5 Å². The molecule has 4 aromatic rings. The minimum atomic E-state index is -4.44. The number of carbonyl (C=O) groups excluding carboxylic acids is 2. The Bertz CT molecular complexity index is 1550. The largest absolute Gasteiger partial charge is 0.416 e. The molecule has 1 aliphatic heterocycles. The van der Waals surface area contributed by atoms with E-state index in [9.17, 15) is 22.8 Å². The third kappa shape index (κ3) is 6.67. The Morgan fingerprint density at radius 3 is 2.24 bits per heavy atom. The number of benzene rings is 3. The van der Waals surface area contributed by atoms with E-state index in [-0.39, 0.29) is 5.91 Å². The number of aromatic nitrogens is 1. The highest BCUT2D eigenvalue weighted by Gasteiger charge is 2.30. The molecule has 2 N–H and O–H groups in total. The fraction of sp³-hybridized carbons (Fsp3) is 0.273. The second-order valence-electron chi connectivity index (χ2n) is 10.8. The van der Waals surface area contributed by atoms with E-state index in [0.29, 0.717) is 34.6 Å². The van der Waals surface area contributed by atoms with Crippen molar-refractivity contribution in [2.45, 2.75) is 32.5 Å². The molecule has 1 aromatic heterocycles. The summed E-state index contributed by atoms with van der Waals surface area (Å²) in [6.07, 6.45) is -0.407. The number of anilines is 2. The number of amides is 2. The zero-order valence-corrected chi connectivity index (χ0v) is 23.5. The standard InChI is InChI=1S/C33H33F3N4O2/c1-22-15-17-40(18-16-22)27-13-7-23(8-14-27)20-37-32(42)30-19-26(21-39(30)2)38-31(41)29-6-4-3-5-28(29)24-9-11-25(12-10-24)33(34,35)36/h3-14,19,21-22H,15-18,20H2,1-2H3,(H,37,42)(H,38,41). The zero-order valence-electron chi connectivity index (χ0n) is 23.5. The van der Waals surface area contributed by atoms with Gasteiger partial charge in [0.25, 0.3) is 11.8 Å². The Morgan fingerprint density at radius 1 is 0.905 bits per heavy atom. The van der Waals surface area contributed by atoms with E-state index >= 15 is 0 Å². The first-order chi connectivity index (χ1) is 20.1. The van der Waals surface area contributed by atoms with Crippen molar-refractivity contribution in [2.75, 3.05) is 23.3 Å². The number of halogens is 3. The summed E-state index contributed by atoms with van der Waals surface area (Å²) in [5.74, 6) is 0.0501. The molecule has 0 bridgehead atoms. The highest BCUT2D eigenvalue weighted by atomic mass is 19.4. The Balaban J connectivity index is 1.22. The first-order valence-corrected chi connectivity index (χ1v) is 13.9. The van der Waals surface area contributed by atoms with E-state index in [1.165, 1.54) is 30.7 Å². The van der Waals surface area contributed by atoms with E-state index in [4.69, 9.17) is 0 Å². The summed E-state index contributed by atoms with van der Waals surface area (Å²) in [6, 6.07) is 21.2. The average Bonchev–Trinajstić information content (AvgIpc) is 3.36. The summed E-state index contributed by atoms with van der Waals surface area (Å²) in [5.41, 5.74) is 3.51. The van der Waals surface area contributed by atoms with E-state index < -0.39 is 17.6 Å². The highest BCUT2D eigenvalue weighted by Crippen LogP contribution is 2.32. The molecule has 0 radical (unpaired) electrons. The number of rotatable bonds is 7. The van der Waals surface area contributed by atoms with Gasteiger partial charge in [-0.3, -0.25) is 9.59 Å². The number of nitrogens with zero attached hydrogens (tertiary/aromatic N) is 2. The van der Waals surface area contributed by atoms with Crippen LogP contribution in [0.15, 0.2) is 85.1 Å². The molecule has 9 heteroatoms. The van der Waals surface area contributed by atoms with Gasteiger partial charge in [-0.15, -0.1) is 0 Å². The van der Waals surface area contributed by atoms with Crippen molar-refractivity contribution < 1.29 is 22.8 Å². The molecule has 3 aromatic carbocycles. The first kappa shape index (κ1) is 29.0. The van der Waals surface area contributed by atoms with Crippen LogP contribution in [0.5, 0.6) is 0 Å². The quantitative estimate of drug-likeness (QED) is 0.247. The van der Waals surface area contributed by atoms with E-state index in [0.717, 1.165) is 36.7 Å². The molecule has 1 aliphatic rings. The third-order valence-corrected chi connectivity index (χ3v) is 7.73. The van der Waals surface area contributed by atoms with Crippen LogP contribution in [0.25, 0.3) is 11.1 Å². The predicted octanol–water partition coefficient (Wildman–Crippen LogP) is 7.13. The smallest absolute Gasteiger partial charge is 0.372 e. The average molecular weight is 575 g/mol. The molecule has 0 aliphatic carbocycles. The van der Waals surface area contributed by atoms with Gasteiger partial charge in [0.2, 0.25) is 0 Å². The van der Waals surface area contributed by atoms with Gasteiger partial charge in [0.15, 0.2) is 0 Å². The molecular weight excluding hydrogens is 541 g/mol. The van der Waals surface area contributed by atoms with E-state index in [1.54, 1.807) is 48.1 Å². The topological polar surface area (TPSA) is 66.4 Å². The molecule has 42 heavy (non-hydrogen) atoms. The van der Waals surface area contributed by atoms with E-state index in [1.807, 2.05) is 12.1 Å². The Morgan fingerprint density at radius 2 is 1.57 bits per heavy atom. The summed E-state index contributed by atoms with van der Waals surface area (Å²) < 4.78 is 40.6. The van der Waals surface area contributed by atoms with Crippen molar-refractivity contribution in [1.29, 1.82) is 0 Å². The summed E-state index contributed by atoms with van der Waals surface area (Å²) in [4.78, 5) is 28.5. The molecule has 0 saturated carbocycles. The molecule has 1 saturated heterocycles. The van der Waals surface area contributed by atoms with Gasteiger partial charge < -0.3 is 20.1 Å². The number of carbonyl (C=O) groups is 2. The lowest BCUT2D eigenvalue weighted by Gasteiger charge is -2.32. The van der Waals surface area contributed by atoms with E-state index in [2.05, 4.69) is 34.6 Å². The van der Waals surface area contributed by atoms with Crippen LogP contribution < -0.4 is 15.5 Å². The predicted molar refractivity (Wildman–Crippen MR) is 158 cm³/mol. The van der Waals surface area contributed by atoms with Crippen LogP contribution in [0, 0.1) is 5.92 Å². The summed E-state index contributed by atoms with van der Waals surface area (Å²) in [6.45, 7) is 4.77. The van der Waals surface area contributed by atoms with Gasteiger partial charge in [-0.05, 0) is 71.8 Å². The van der Waals surface area contributed by atoms with Crippen molar-refractivity contribution in [2.24, 2.45) is 13.0 Å². The van der Waals surface area contributed by atoms with Gasteiger partial charge in [-0.25, -0.2) is 0 Å². The van der Waals surface area contributed by atoms with Crippen molar-refractivity contribution in [3.8, 4) is 11.1 Å². The minimum absolute atomic E-state index is 0.280. The maximum Gasteiger partial charge on any atom is 0.416 e. The zero-order chi connectivity index (χ0) is 29.9. The fourth-order valence-electron chi connectivity index (χ4n) is 5.19. The number of nitrogens with one attached hydrogen (secondary N) is 2.